The fourth-order valence-corrected chi connectivity index (χ4v) is 6.01. The van der Waals surface area contributed by atoms with Gasteiger partial charge in [0.25, 0.3) is 11.6 Å². The molecule has 0 N–H and O–H groups in total. The number of carbonyl (C=O) groups excluding carboxylic acids is 1. The quantitative estimate of drug-likeness (QED) is 0.260. The van der Waals surface area contributed by atoms with Crippen molar-refractivity contribution in [2.24, 2.45) is 0 Å². The van der Waals surface area contributed by atoms with Crippen LogP contribution in [0, 0.1) is 24.0 Å². The molecule has 5 rings (SSSR count). The lowest BCUT2D eigenvalue weighted by Gasteiger charge is -2.34. The molecule has 39 heavy (non-hydrogen) atoms. The minimum atomic E-state index is -3.95. The van der Waals surface area contributed by atoms with Gasteiger partial charge in [0.2, 0.25) is 21.8 Å². The predicted molar refractivity (Wildman–Crippen MR) is 142 cm³/mol. The fraction of sp³-hybridized carbons (Fsp3) is 0.222. The summed E-state index contributed by atoms with van der Waals surface area (Å²) in [5, 5.41) is 19.4. The topological polar surface area (TPSA) is 140 Å². The van der Waals surface area contributed by atoms with E-state index in [9.17, 15) is 23.3 Å². The summed E-state index contributed by atoms with van der Waals surface area (Å²) in [6.45, 7) is 4.14. The zero-order valence-corrected chi connectivity index (χ0v) is 22.1. The highest BCUT2D eigenvalue weighted by atomic mass is 32.2. The molecule has 0 radical (unpaired) electrons. The molecule has 0 aliphatic carbocycles. The number of sulfonamides is 1. The first-order valence-corrected chi connectivity index (χ1v) is 13.6. The Hall–Kier alpha value is -4.42. The van der Waals surface area contributed by atoms with Crippen molar-refractivity contribution in [2.45, 2.75) is 18.7 Å². The molecule has 1 amide bonds. The maximum absolute atomic E-state index is 13.2. The van der Waals surface area contributed by atoms with Crippen LogP contribution >= 0.6 is 0 Å². The molecule has 11 nitrogen and oxygen atoms in total. The second-order valence-electron chi connectivity index (χ2n) is 9.26. The van der Waals surface area contributed by atoms with Gasteiger partial charge in [0, 0.05) is 55.0 Å². The van der Waals surface area contributed by atoms with Crippen LogP contribution in [0.4, 0.5) is 5.69 Å². The zero-order valence-electron chi connectivity index (χ0n) is 21.3. The Labute approximate surface area is 224 Å². The number of hydrogen-bond acceptors (Lipinski definition) is 8. The number of aromatic nitrogens is 2. The van der Waals surface area contributed by atoms with Crippen molar-refractivity contribution in [1.82, 2.24) is 19.4 Å². The standard InChI is InChI=1S/C27H25N5O6S/c1-18-3-6-20(7-4-18)25-28-29-26(38-25)21-8-10-22(11-9-21)27(33)30-13-15-31(16-14-30)39(36,37)24-17-23(32(34)35)12-5-19(24)2/h3-12,17H,13-16H2,1-2H3. The summed E-state index contributed by atoms with van der Waals surface area (Å²) >= 11 is 0. The molecule has 0 spiro atoms. The highest BCUT2D eigenvalue weighted by Gasteiger charge is 2.32. The number of piperazine rings is 1. The number of nitrogens with zero attached hydrogens (tertiary/aromatic N) is 5. The minimum absolute atomic E-state index is 0.0814. The van der Waals surface area contributed by atoms with Crippen molar-refractivity contribution >= 4 is 21.6 Å². The molecule has 0 bridgehead atoms. The molecule has 0 atom stereocenters. The summed E-state index contributed by atoms with van der Waals surface area (Å²) in [5.74, 6) is 0.508. The number of non-ortho nitro benzene ring substituents is 1. The molecule has 3 aromatic carbocycles. The van der Waals surface area contributed by atoms with Crippen molar-refractivity contribution in [3.05, 3.63) is 93.5 Å². The first kappa shape index (κ1) is 26.2. The van der Waals surface area contributed by atoms with E-state index in [4.69, 9.17) is 4.42 Å². The van der Waals surface area contributed by atoms with Crippen LogP contribution in [0.3, 0.4) is 0 Å². The van der Waals surface area contributed by atoms with E-state index >= 15 is 0 Å². The largest absolute Gasteiger partial charge is 0.416 e. The van der Waals surface area contributed by atoms with Crippen molar-refractivity contribution in [3.8, 4) is 22.9 Å². The molecule has 1 aliphatic heterocycles. The van der Waals surface area contributed by atoms with E-state index in [1.165, 1.54) is 16.4 Å². The lowest BCUT2D eigenvalue weighted by atomic mass is 10.1. The molecule has 4 aromatic rings. The Morgan fingerprint density at radius 2 is 1.44 bits per heavy atom. The second-order valence-corrected chi connectivity index (χ2v) is 11.2. The lowest BCUT2D eigenvalue weighted by Crippen LogP contribution is -2.50. The molecule has 1 aliphatic rings. The Morgan fingerprint density at radius 3 is 2.00 bits per heavy atom. The van der Waals surface area contributed by atoms with E-state index in [-0.39, 0.29) is 42.7 Å². The summed E-state index contributed by atoms with van der Waals surface area (Å²) in [7, 11) is -3.95. The molecule has 12 heteroatoms. The van der Waals surface area contributed by atoms with E-state index < -0.39 is 14.9 Å². The first-order chi connectivity index (χ1) is 18.6. The maximum atomic E-state index is 13.2. The Bertz CT molecular complexity index is 1640. The first-order valence-electron chi connectivity index (χ1n) is 12.2. The molecule has 200 valence electrons. The molecule has 2 heterocycles. The highest BCUT2D eigenvalue weighted by Crippen LogP contribution is 2.27. The smallest absolute Gasteiger partial charge is 0.270 e. The number of benzene rings is 3. The van der Waals surface area contributed by atoms with Gasteiger partial charge in [-0.15, -0.1) is 10.2 Å². The Morgan fingerprint density at radius 1 is 0.872 bits per heavy atom. The summed E-state index contributed by atoms with van der Waals surface area (Å²) in [6.07, 6.45) is 0. The normalized spacial score (nSPS) is 14.4. The SMILES string of the molecule is Cc1ccc(-c2nnc(-c3ccc(C(=O)N4CCN(S(=O)(=O)c5cc([N+](=O)[O-])ccc5C)CC4)cc3)o2)cc1. The van der Waals surface area contributed by atoms with E-state index in [1.54, 1.807) is 36.1 Å². The molecule has 1 saturated heterocycles. The van der Waals surface area contributed by atoms with Crippen LogP contribution in [0.5, 0.6) is 0 Å². The number of nitro groups is 1. The lowest BCUT2D eigenvalue weighted by molar-refractivity contribution is -0.385. The molecule has 0 saturated carbocycles. The number of hydrogen-bond donors (Lipinski definition) is 0. The second kappa shape index (κ2) is 10.4. The third-order valence-corrected chi connectivity index (χ3v) is 8.67. The van der Waals surface area contributed by atoms with Gasteiger partial charge >= 0.3 is 0 Å². The van der Waals surface area contributed by atoms with E-state index in [1.807, 2.05) is 31.2 Å². The van der Waals surface area contributed by atoms with Crippen LogP contribution in [0.2, 0.25) is 0 Å². The van der Waals surface area contributed by atoms with Gasteiger partial charge in [-0.1, -0.05) is 23.8 Å². The van der Waals surface area contributed by atoms with E-state index in [0.717, 1.165) is 17.2 Å². The summed E-state index contributed by atoms with van der Waals surface area (Å²) in [5.41, 5.74) is 3.19. The van der Waals surface area contributed by atoms with Gasteiger partial charge in [0.05, 0.1) is 9.82 Å². The molecular formula is C27H25N5O6S. The molecular weight excluding hydrogens is 522 g/mol. The van der Waals surface area contributed by atoms with Gasteiger partial charge in [-0.05, 0) is 55.8 Å². The summed E-state index contributed by atoms with van der Waals surface area (Å²) in [4.78, 5) is 25.1. The van der Waals surface area contributed by atoms with Crippen LogP contribution in [0.15, 0.2) is 76.0 Å². The van der Waals surface area contributed by atoms with Gasteiger partial charge < -0.3 is 9.32 Å². The van der Waals surface area contributed by atoms with Gasteiger partial charge in [-0.2, -0.15) is 4.31 Å². The van der Waals surface area contributed by atoms with Crippen LogP contribution < -0.4 is 0 Å². The minimum Gasteiger partial charge on any atom is -0.416 e. The third-order valence-electron chi connectivity index (χ3n) is 6.63. The summed E-state index contributed by atoms with van der Waals surface area (Å²) < 4.78 is 33.4. The average Bonchev–Trinajstić information content (AvgIpc) is 3.43. The van der Waals surface area contributed by atoms with Crippen LogP contribution in [-0.4, -0.2) is 64.8 Å². The number of nitro benzene ring substituents is 1. The van der Waals surface area contributed by atoms with E-state index in [0.29, 0.717) is 28.5 Å². The molecule has 1 fully saturated rings. The third kappa shape index (κ3) is 5.29. The maximum Gasteiger partial charge on any atom is 0.270 e. The number of rotatable bonds is 6. The van der Waals surface area contributed by atoms with Crippen LogP contribution in [-0.2, 0) is 10.0 Å². The highest BCUT2D eigenvalue weighted by molar-refractivity contribution is 7.89. The predicted octanol–water partition coefficient (Wildman–Crippen LogP) is 4.08. The summed E-state index contributed by atoms with van der Waals surface area (Å²) in [6, 6.07) is 18.3. The van der Waals surface area contributed by atoms with Gasteiger partial charge in [0.15, 0.2) is 0 Å². The number of aryl methyl sites for hydroxylation is 2. The van der Waals surface area contributed by atoms with Gasteiger partial charge in [-0.25, -0.2) is 8.42 Å². The fourth-order valence-electron chi connectivity index (χ4n) is 4.34. The van der Waals surface area contributed by atoms with E-state index in [2.05, 4.69) is 10.2 Å². The van der Waals surface area contributed by atoms with Crippen molar-refractivity contribution in [1.29, 1.82) is 0 Å². The zero-order chi connectivity index (χ0) is 27.7. The van der Waals surface area contributed by atoms with Crippen LogP contribution in [0.25, 0.3) is 22.9 Å². The van der Waals surface area contributed by atoms with Crippen LogP contribution in [0.1, 0.15) is 21.5 Å². The Balaban J connectivity index is 1.24. The van der Waals surface area contributed by atoms with Gasteiger partial charge in [-0.3, -0.25) is 14.9 Å². The van der Waals surface area contributed by atoms with Crippen molar-refractivity contribution in [2.75, 3.05) is 26.2 Å². The Kier molecular flexibility index (Phi) is 6.98. The average molecular weight is 548 g/mol. The molecule has 0 unspecified atom stereocenters. The number of carbonyl (C=O) groups is 1. The monoisotopic (exact) mass is 547 g/mol. The van der Waals surface area contributed by atoms with Crippen molar-refractivity contribution < 1.29 is 22.6 Å². The number of amides is 1. The molecule has 1 aromatic heterocycles. The van der Waals surface area contributed by atoms with Crippen molar-refractivity contribution in [3.63, 3.8) is 0 Å². The van der Waals surface area contributed by atoms with Gasteiger partial charge in [0.1, 0.15) is 0 Å².